The molecule has 7 atom stereocenters. The van der Waals surface area contributed by atoms with Gasteiger partial charge < -0.3 is 29.9 Å². The van der Waals surface area contributed by atoms with Gasteiger partial charge in [0, 0.05) is 37.9 Å². The van der Waals surface area contributed by atoms with E-state index in [0.717, 1.165) is 64.2 Å². The Kier molecular flexibility index (Phi) is 9.94. The van der Waals surface area contributed by atoms with Gasteiger partial charge in [0.1, 0.15) is 6.10 Å². The van der Waals surface area contributed by atoms with E-state index in [4.69, 9.17) is 9.47 Å². The van der Waals surface area contributed by atoms with Crippen LogP contribution in [0.3, 0.4) is 0 Å². The highest BCUT2D eigenvalue weighted by Gasteiger charge is 2.67. The van der Waals surface area contributed by atoms with Crippen molar-refractivity contribution >= 4 is 19.9 Å². The molecule has 0 bridgehead atoms. The molecule has 2 unspecified atom stereocenters. The maximum atomic E-state index is 14.8. The van der Waals surface area contributed by atoms with Gasteiger partial charge in [-0.1, -0.05) is 39.3 Å². The van der Waals surface area contributed by atoms with Crippen LogP contribution in [0.15, 0.2) is 11.3 Å². The zero-order valence-electron chi connectivity index (χ0n) is 26.7. The Balaban J connectivity index is 1.40. The molecule has 1 spiro atoms. The molecule has 3 fully saturated rings. The first kappa shape index (κ1) is 32.1. The molecular weight excluding hydrogens is 548 g/mol. The van der Waals surface area contributed by atoms with Crippen molar-refractivity contribution in [3.05, 3.63) is 11.3 Å². The summed E-state index contributed by atoms with van der Waals surface area (Å²) in [5.41, 5.74) is 2.52. The van der Waals surface area contributed by atoms with Crippen molar-refractivity contribution in [2.24, 2.45) is 11.8 Å². The number of rotatable bonds is 9. The zero-order chi connectivity index (χ0) is 30.2. The Morgan fingerprint density at radius 2 is 1.86 bits per heavy atom. The summed E-state index contributed by atoms with van der Waals surface area (Å²) >= 11 is 0. The third-order valence-corrected chi connectivity index (χ3v) is 17.2. The van der Waals surface area contributed by atoms with Gasteiger partial charge in [0.05, 0.1) is 20.3 Å². The number of ether oxygens (including phenoxy) is 2. The van der Waals surface area contributed by atoms with Crippen molar-refractivity contribution in [1.29, 1.82) is 0 Å². The second-order valence-electron chi connectivity index (χ2n) is 14.7. The number of carbonyl (C=O) groups excluding carboxylic acids is 2. The molecule has 238 valence electrons. The second kappa shape index (κ2) is 13.0. The Morgan fingerprint density at radius 3 is 2.52 bits per heavy atom. The molecule has 9 heteroatoms. The number of hydrogen-bond donors (Lipinski definition) is 3. The van der Waals surface area contributed by atoms with Crippen LogP contribution in [0.2, 0.25) is 24.2 Å². The van der Waals surface area contributed by atoms with Crippen LogP contribution in [0.25, 0.3) is 0 Å². The number of carbonyl (C=O) groups is 2. The molecule has 42 heavy (non-hydrogen) atoms. The summed E-state index contributed by atoms with van der Waals surface area (Å²) in [5.74, 6) is 0.206. The molecule has 2 aliphatic heterocycles. The summed E-state index contributed by atoms with van der Waals surface area (Å²) in [4.78, 5) is 29.1. The minimum Gasteiger partial charge on any atom is -0.396 e. The number of fused-ring (bicyclic) bond motifs is 1. The van der Waals surface area contributed by atoms with E-state index in [2.05, 4.69) is 30.2 Å². The molecule has 2 saturated carbocycles. The van der Waals surface area contributed by atoms with Gasteiger partial charge >= 0.3 is 0 Å². The quantitative estimate of drug-likeness (QED) is 0.323. The lowest BCUT2D eigenvalue weighted by molar-refractivity contribution is -0.150. The van der Waals surface area contributed by atoms with Crippen molar-refractivity contribution < 1.29 is 29.3 Å². The Hall–Kier alpha value is -1.26. The molecule has 8 nitrogen and oxygen atoms in total. The molecule has 1 saturated heterocycles. The second-order valence-corrected chi connectivity index (χ2v) is 19.8. The lowest BCUT2D eigenvalue weighted by Gasteiger charge is -2.44. The molecule has 0 aromatic rings. The molecule has 0 radical (unpaired) electrons. The number of methoxy groups -OCH3 is 1. The van der Waals surface area contributed by atoms with Crippen LogP contribution in [0.5, 0.6) is 0 Å². The van der Waals surface area contributed by atoms with Crippen molar-refractivity contribution in [2.75, 3.05) is 20.3 Å². The van der Waals surface area contributed by atoms with E-state index in [1.54, 1.807) is 0 Å². The fourth-order valence-electron chi connectivity index (χ4n) is 9.79. The summed E-state index contributed by atoms with van der Waals surface area (Å²) in [5, 5.41) is 22.9. The maximum absolute atomic E-state index is 14.8. The molecule has 3 aliphatic carbocycles. The summed E-state index contributed by atoms with van der Waals surface area (Å²) in [6.45, 7) is 9.60. The Morgan fingerprint density at radius 1 is 1.14 bits per heavy atom. The average molecular weight is 605 g/mol. The lowest BCUT2D eigenvalue weighted by Crippen LogP contribution is -2.51. The van der Waals surface area contributed by atoms with Crippen LogP contribution in [0.1, 0.15) is 97.3 Å². The van der Waals surface area contributed by atoms with E-state index in [9.17, 15) is 19.8 Å². The normalized spacial score (nSPS) is 38.2. The highest BCUT2D eigenvalue weighted by Crippen LogP contribution is 2.61. The molecule has 2 amide bonds. The molecule has 0 aromatic heterocycles. The van der Waals surface area contributed by atoms with Crippen molar-refractivity contribution in [1.82, 2.24) is 10.2 Å². The molecule has 2 heterocycles. The van der Waals surface area contributed by atoms with E-state index in [-0.39, 0.29) is 36.5 Å². The van der Waals surface area contributed by atoms with Crippen LogP contribution in [-0.4, -0.2) is 85.2 Å². The fourth-order valence-corrected chi connectivity index (χ4v) is 14.9. The predicted octanol–water partition coefficient (Wildman–Crippen LogP) is 4.91. The summed E-state index contributed by atoms with van der Waals surface area (Å²) in [6.07, 6.45) is 12.2. The van der Waals surface area contributed by atoms with Crippen LogP contribution < -0.4 is 5.32 Å². The van der Waals surface area contributed by atoms with Crippen LogP contribution in [-0.2, 0) is 19.1 Å². The van der Waals surface area contributed by atoms with Crippen molar-refractivity contribution in [3.8, 4) is 0 Å². The van der Waals surface area contributed by atoms with Gasteiger partial charge in [-0.3, -0.25) is 9.59 Å². The van der Waals surface area contributed by atoms with E-state index < -0.39 is 19.8 Å². The van der Waals surface area contributed by atoms with Crippen molar-refractivity contribution in [3.63, 3.8) is 0 Å². The van der Waals surface area contributed by atoms with E-state index in [1.165, 1.54) is 31.0 Å². The molecule has 5 rings (SSSR count). The minimum absolute atomic E-state index is 0.0392. The number of aliphatic hydroxyl groups is 2. The molecule has 5 aliphatic rings. The summed E-state index contributed by atoms with van der Waals surface area (Å²) in [6, 6.07) is 0.0392. The standard InChI is InChI=1S/C33H56N2O6Si/c1-21-30(42(4,5)26-15-13-25(40-3)14-16-26)29(17-18-36)41-33(21)27-11-6-7-12-28(27)35(32(33)39)20-23-9-8-10-24(19-23)34-31(38)22(2)37/h21-26,29-30,36-37H,6-20H2,1-5H3,(H,34,38)/t21-,22-,23?,24?,25?,26?,29+,30-,33+/m0/s1. The van der Waals surface area contributed by atoms with Gasteiger partial charge in [0.15, 0.2) is 5.60 Å². The zero-order valence-corrected chi connectivity index (χ0v) is 27.7. The van der Waals surface area contributed by atoms with E-state index in [0.29, 0.717) is 36.1 Å². The highest BCUT2D eigenvalue weighted by molar-refractivity contribution is 6.80. The number of allylic oxidation sites excluding steroid dienone is 1. The lowest BCUT2D eigenvalue weighted by atomic mass is 9.78. The number of amides is 2. The first-order chi connectivity index (χ1) is 20.0. The van der Waals surface area contributed by atoms with Gasteiger partial charge in [-0.25, -0.2) is 0 Å². The van der Waals surface area contributed by atoms with E-state index >= 15 is 0 Å². The molecule has 0 aromatic carbocycles. The first-order valence-electron chi connectivity index (χ1n) is 16.9. The monoisotopic (exact) mass is 604 g/mol. The third-order valence-electron chi connectivity index (χ3n) is 12.0. The summed E-state index contributed by atoms with van der Waals surface area (Å²) < 4.78 is 12.8. The first-order valence-corrected chi connectivity index (χ1v) is 20.0. The van der Waals surface area contributed by atoms with Gasteiger partial charge in [0.25, 0.3) is 5.91 Å². The number of nitrogens with one attached hydrogen (secondary N) is 1. The summed E-state index contributed by atoms with van der Waals surface area (Å²) in [7, 11) is -0.0723. The number of aliphatic hydroxyl groups excluding tert-OH is 2. The van der Waals surface area contributed by atoms with E-state index in [1.807, 2.05) is 7.11 Å². The van der Waals surface area contributed by atoms with Crippen LogP contribution in [0, 0.1) is 11.8 Å². The smallest absolute Gasteiger partial charge is 0.263 e. The Labute approximate surface area is 254 Å². The maximum Gasteiger partial charge on any atom is 0.263 e. The fraction of sp³-hybridized carbons (Fsp3) is 0.879. The van der Waals surface area contributed by atoms with Gasteiger partial charge in [-0.2, -0.15) is 0 Å². The number of hydrogen-bond acceptors (Lipinski definition) is 6. The average Bonchev–Trinajstić information content (AvgIpc) is 3.40. The molecule has 3 N–H and O–H groups in total. The Bertz CT molecular complexity index is 1020. The highest BCUT2D eigenvalue weighted by atomic mass is 28.3. The molecular formula is C33H56N2O6Si. The third kappa shape index (κ3) is 5.77. The minimum atomic E-state index is -1.90. The predicted molar refractivity (Wildman–Crippen MR) is 165 cm³/mol. The van der Waals surface area contributed by atoms with Crippen molar-refractivity contribution in [2.45, 2.75) is 151 Å². The van der Waals surface area contributed by atoms with Crippen LogP contribution in [0.4, 0.5) is 0 Å². The van der Waals surface area contributed by atoms with Gasteiger partial charge in [-0.15, -0.1) is 0 Å². The topological polar surface area (TPSA) is 108 Å². The van der Waals surface area contributed by atoms with Gasteiger partial charge in [0.2, 0.25) is 5.91 Å². The SMILES string of the molecule is COC1CCC([Si](C)(C)[C@@H]2[C@@H](CCO)O[C@]3(C(=O)N(CC4CCCC(NC(=O)[C@H](C)O)C4)C4=C3CCCC4)[C@H]2C)CC1. The number of nitrogens with zero attached hydrogens (tertiary/aromatic N) is 1. The van der Waals surface area contributed by atoms with Gasteiger partial charge in [-0.05, 0) is 93.7 Å². The largest absolute Gasteiger partial charge is 0.396 e. The van der Waals surface area contributed by atoms with Crippen LogP contribution >= 0.6 is 0 Å².